The molecule has 0 fully saturated rings. The minimum atomic E-state index is 0.464. The summed E-state index contributed by atoms with van der Waals surface area (Å²) in [6, 6.07) is 17.5. The monoisotopic (exact) mass is 377 g/mol. The number of nitrogens with zero attached hydrogens (tertiary/aromatic N) is 2. The van der Waals surface area contributed by atoms with E-state index in [2.05, 4.69) is 16.4 Å². The molecule has 0 aliphatic carbocycles. The summed E-state index contributed by atoms with van der Waals surface area (Å²) >= 11 is 1.43. The number of nitrogens with one attached hydrogen (secondary N) is 1. The molecule has 0 spiro atoms. The molecule has 0 saturated heterocycles. The normalized spacial score (nSPS) is 10.9. The Labute approximate surface area is 162 Å². The molecular weight excluding hydrogens is 358 g/mol. The Bertz CT molecular complexity index is 972. The van der Waals surface area contributed by atoms with Gasteiger partial charge < -0.3 is 14.8 Å². The lowest BCUT2D eigenvalue weighted by Crippen LogP contribution is -1.97. The predicted octanol–water partition coefficient (Wildman–Crippen LogP) is 5.19. The van der Waals surface area contributed by atoms with E-state index in [0.717, 1.165) is 28.4 Å². The summed E-state index contributed by atoms with van der Waals surface area (Å²) in [6.45, 7) is 2.51. The van der Waals surface area contributed by atoms with Crippen LogP contribution in [0.25, 0.3) is 16.8 Å². The number of nitriles is 1. The van der Waals surface area contributed by atoms with Crippen LogP contribution in [0.3, 0.4) is 0 Å². The fourth-order valence-corrected chi connectivity index (χ4v) is 3.25. The molecule has 1 aromatic heterocycles. The molecule has 0 atom stereocenters. The third kappa shape index (κ3) is 4.46. The molecule has 1 N–H and O–H groups in total. The van der Waals surface area contributed by atoms with E-state index in [4.69, 9.17) is 9.47 Å². The number of rotatable bonds is 7. The third-order valence-corrected chi connectivity index (χ3v) is 4.68. The summed E-state index contributed by atoms with van der Waals surface area (Å²) < 4.78 is 10.8. The zero-order chi connectivity index (χ0) is 19.1. The largest absolute Gasteiger partial charge is 0.497 e. The first-order valence-corrected chi connectivity index (χ1v) is 9.32. The standard InChI is InChI=1S/C21H19N3O2S/c1-3-26-20-7-5-4-6-18(20)23-13-16(12-22)21-24-19(14-27-21)15-8-10-17(25-2)11-9-15/h4-11,13-14,23H,3H2,1-2H3. The second-order valence-corrected chi connectivity index (χ2v) is 6.37. The van der Waals surface area contributed by atoms with Crippen LogP contribution in [0.1, 0.15) is 11.9 Å². The van der Waals surface area contributed by atoms with Crippen LogP contribution in [0.2, 0.25) is 0 Å². The first-order valence-electron chi connectivity index (χ1n) is 8.44. The van der Waals surface area contributed by atoms with Crippen molar-refractivity contribution in [2.45, 2.75) is 6.92 Å². The lowest BCUT2D eigenvalue weighted by Gasteiger charge is -2.09. The van der Waals surface area contributed by atoms with Gasteiger partial charge in [-0.05, 0) is 43.3 Å². The molecule has 3 rings (SSSR count). The zero-order valence-corrected chi connectivity index (χ0v) is 15.9. The van der Waals surface area contributed by atoms with Crippen molar-refractivity contribution in [3.63, 3.8) is 0 Å². The van der Waals surface area contributed by atoms with Gasteiger partial charge in [0.05, 0.1) is 25.1 Å². The van der Waals surface area contributed by atoms with Gasteiger partial charge in [0.25, 0.3) is 0 Å². The SMILES string of the molecule is CCOc1ccccc1NC=C(C#N)c1nc(-c2ccc(OC)cc2)cs1. The van der Waals surface area contributed by atoms with Crippen LogP contribution in [0.5, 0.6) is 11.5 Å². The van der Waals surface area contributed by atoms with Gasteiger partial charge in [-0.3, -0.25) is 0 Å². The number of anilines is 1. The second-order valence-electron chi connectivity index (χ2n) is 5.51. The number of thiazole rings is 1. The van der Waals surface area contributed by atoms with Crippen molar-refractivity contribution in [3.8, 4) is 28.8 Å². The van der Waals surface area contributed by atoms with Crippen molar-refractivity contribution in [1.29, 1.82) is 5.26 Å². The van der Waals surface area contributed by atoms with E-state index in [-0.39, 0.29) is 0 Å². The van der Waals surface area contributed by atoms with Crippen molar-refractivity contribution < 1.29 is 9.47 Å². The molecule has 0 saturated carbocycles. The molecule has 3 aromatic rings. The minimum absolute atomic E-state index is 0.464. The highest BCUT2D eigenvalue weighted by molar-refractivity contribution is 7.11. The highest BCUT2D eigenvalue weighted by Crippen LogP contribution is 2.28. The minimum Gasteiger partial charge on any atom is -0.497 e. The van der Waals surface area contributed by atoms with E-state index >= 15 is 0 Å². The Morgan fingerprint density at radius 2 is 2.00 bits per heavy atom. The van der Waals surface area contributed by atoms with Crippen LogP contribution in [-0.2, 0) is 0 Å². The number of methoxy groups -OCH3 is 1. The number of hydrogen-bond donors (Lipinski definition) is 1. The first-order chi connectivity index (χ1) is 13.2. The van der Waals surface area contributed by atoms with Crippen molar-refractivity contribution in [2.24, 2.45) is 0 Å². The number of hydrogen-bond acceptors (Lipinski definition) is 6. The average Bonchev–Trinajstić information content (AvgIpc) is 3.20. The summed E-state index contributed by atoms with van der Waals surface area (Å²) in [5.41, 5.74) is 3.07. The van der Waals surface area contributed by atoms with Crippen molar-refractivity contribution in [3.05, 3.63) is 65.1 Å². The summed E-state index contributed by atoms with van der Waals surface area (Å²) in [6.07, 6.45) is 1.66. The Balaban J connectivity index is 1.81. The van der Waals surface area contributed by atoms with E-state index in [1.54, 1.807) is 13.3 Å². The van der Waals surface area contributed by atoms with E-state index in [9.17, 15) is 5.26 Å². The maximum atomic E-state index is 9.54. The fraction of sp³-hybridized carbons (Fsp3) is 0.143. The smallest absolute Gasteiger partial charge is 0.142 e. The van der Waals surface area contributed by atoms with Gasteiger partial charge in [0, 0.05) is 17.1 Å². The van der Waals surface area contributed by atoms with Gasteiger partial charge in [0.15, 0.2) is 0 Å². The molecule has 0 bridgehead atoms. The Hall–Kier alpha value is -3.30. The van der Waals surface area contributed by atoms with Crippen LogP contribution >= 0.6 is 11.3 Å². The summed E-state index contributed by atoms with van der Waals surface area (Å²) in [7, 11) is 1.64. The van der Waals surface area contributed by atoms with Crippen LogP contribution in [0.4, 0.5) is 5.69 Å². The maximum absolute atomic E-state index is 9.54. The molecule has 136 valence electrons. The molecule has 27 heavy (non-hydrogen) atoms. The number of benzene rings is 2. The number of aromatic nitrogens is 1. The first kappa shape index (κ1) is 18.5. The van der Waals surface area contributed by atoms with E-state index < -0.39 is 0 Å². The molecule has 2 aromatic carbocycles. The quantitative estimate of drug-likeness (QED) is 0.574. The molecular formula is C21H19N3O2S. The summed E-state index contributed by atoms with van der Waals surface area (Å²) in [4.78, 5) is 4.59. The van der Waals surface area contributed by atoms with E-state index in [1.807, 2.05) is 60.8 Å². The van der Waals surface area contributed by atoms with E-state index in [1.165, 1.54) is 11.3 Å². The van der Waals surface area contributed by atoms with Crippen LogP contribution in [-0.4, -0.2) is 18.7 Å². The van der Waals surface area contributed by atoms with Crippen molar-refractivity contribution in [1.82, 2.24) is 4.98 Å². The number of ether oxygens (including phenoxy) is 2. The Kier molecular flexibility index (Phi) is 6.08. The molecule has 0 aliphatic heterocycles. The average molecular weight is 377 g/mol. The fourth-order valence-electron chi connectivity index (χ4n) is 2.45. The van der Waals surface area contributed by atoms with Crippen LogP contribution < -0.4 is 14.8 Å². The van der Waals surface area contributed by atoms with Gasteiger partial charge in [-0.2, -0.15) is 5.26 Å². The highest BCUT2D eigenvalue weighted by Gasteiger charge is 2.10. The molecule has 0 amide bonds. The highest BCUT2D eigenvalue weighted by atomic mass is 32.1. The third-order valence-electron chi connectivity index (χ3n) is 3.80. The molecule has 0 radical (unpaired) electrons. The van der Waals surface area contributed by atoms with Gasteiger partial charge in [-0.1, -0.05) is 12.1 Å². The molecule has 1 heterocycles. The summed E-state index contributed by atoms with van der Waals surface area (Å²) in [5.74, 6) is 1.54. The lowest BCUT2D eigenvalue weighted by atomic mass is 10.2. The molecule has 0 aliphatic rings. The lowest BCUT2D eigenvalue weighted by molar-refractivity contribution is 0.342. The predicted molar refractivity (Wildman–Crippen MR) is 109 cm³/mol. The Morgan fingerprint density at radius 1 is 1.22 bits per heavy atom. The number of allylic oxidation sites excluding steroid dienone is 1. The molecule has 6 heteroatoms. The zero-order valence-electron chi connectivity index (χ0n) is 15.1. The van der Waals surface area contributed by atoms with Crippen LogP contribution in [0, 0.1) is 11.3 Å². The molecule has 5 nitrogen and oxygen atoms in total. The van der Waals surface area contributed by atoms with Crippen molar-refractivity contribution >= 4 is 22.6 Å². The number of para-hydroxylation sites is 2. The van der Waals surface area contributed by atoms with Gasteiger partial charge in [0.1, 0.15) is 28.1 Å². The maximum Gasteiger partial charge on any atom is 0.142 e. The van der Waals surface area contributed by atoms with Gasteiger partial charge in [0.2, 0.25) is 0 Å². The van der Waals surface area contributed by atoms with Crippen molar-refractivity contribution in [2.75, 3.05) is 19.0 Å². The van der Waals surface area contributed by atoms with Gasteiger partial charge in [-0.15, -0.1) is 11.3 Å². The topological polar surface area (TPSA) is 67.2 Å². The van der Waals surface area contributed by atoms with E-state index in [0.29, 0.717) is 17.2 Å². The van der Waals surface area contributed by atoms with Gasteiger partial charge >= 0.3 is 0 Å². The second kappa shape index (κ2) is 8.88. The molecule has 0 unspecified atom stereocenters. The van der Waals surface area contributed by atoms with Crippen LogP contribution in [0.15, 0.2) is 60.1 Å². The van der Waals surface area contributed by atoms with Gasteiger partial charge in [-0.25, -0.2) is 4.98 Å². The summed E-state index contributed by atoms with van der Waals surface area (Å²) in [5, 5.41) is 15.3. The Morgan fingerprint density at radius 3 is 2.70 bits per heavy atom.